The van der Waals surface area contributed by atoms with Gasteiger partial charge in [0.15, 0.2) is 29.3 Å². The van der Waals surface area contributed by atoms with Gasteiger partial charge >= 0.3 is 5.97 Å². The molecule has 5 rings (SSSR count). The van der Waals surface area contributed by atoms with Gasteiger partial charge in [-0.25, -0.2) is 0 Å². The van der Waals surface area contributed by atoms with E-state index < -0.39 is 5.97 Å². The highest BCUT2D eigenvalue weighted by atomic mass is 16.5. The number of likely N-dealkylation sites (N-methyl/N-ethyl adjacent to an activating group) is 1. The Hall–Kier alpha value is -5.49. The molecule has 0 spiro atoms. The molecule has 3 aliphatic heterocycles. The van der Waals surface area contributed by atoms with Crippen molar-refractivity contribution in [3.05, 3.63) is 83.0 Å². The van der Waals surface area contributed by atoms with Crippen molar-refractivity contribution in [3.63, 3.8) is 0 Å². The van der Waals surface area contributed by atoms with Gasteiger partial charge in [-0.2, -0.15) is 0 Å². The normalized spacial score (nSPS) is 19.5. The average molecular weight is 739 g/mol. The first-order valence-electron chi connectivity index (χ1n) is 18.1. The molecule has 3 aliphatic rings. The van der Waals surface area contributed by atoms with E-state index in [2.05, 4.69) is 28.0 Å². The summed E-state index contributed by atoms with van der Waals surface area (Å²) in [5, 5.41) is 9.51. The molecule has 3 unspecified atom stereocenters. The predicted molar refractivity (Wildman–Crippen MR) is 210 cm³/mol. The number of carboxylic acid groups (broad SMARTS) is 1. The number of aliphatic imine (C=N–C) groups is 2. The number of methoxy groups -OCH3 is 2. The highest BCUT2D eigenvalue weighted by molar-refractivity contribution is 6.04. The van der Waals surface area contributed by atoms with Gasteiger partial charge in [0, 0.05) is 61.6 Å². The van der Waals surface area contributed by atoms with Gasteiger partial charge in [-0.1, -0.05) is 55.9 Å². The minimum absolute atomic E-state index is 0.0460. The van der Waals surface area contributed by atoms with Gasteiger partial charge in [0.1, 0.15) is 6.61 Å². The lowest BCUT2D eigenvalue weighted by molar-refractivity contribution is -0.136. The summed E-state index contributed by atoms with van der Waals surface area (Å²) in [5.74, 6) is 0.566. The number of amides is 1. The van der Waals surface area contributed by atoms with E-state index in [1.165, 1.54) is 14.2 Å². The zero-order chi connectivity index (χ0) is 38.9. The van der Waals surface area contributed by atoms with Gasteiger partial charge in [-0.3, -0.25) is 29.3 Å². The van der Waals surface area contributed by atoms with Crippen LogP contribution in [0.25, 0.3) is 0 Å². The zero-order valence-electron chi connectivity index (χ0n) is 31.8. The molecular weight excluding hydrogens is 688 g/mol. The molecular formula is C42H50N4O8. The number of aliphatic carboxylic acids is 1. The van der Waals surface area contributed by atoms with Crippen molar-refractivity contribution in [1.82, 2.24) is 9.80 Å². The Kier molecular flexibility index (Phi) is 13.3. The van der Waals surface area contributed by atoms with Crippen LogP contribution in [0.4, 0.5) is 11.4 Å². The quantitative estimate of drug-likeness (QED) is 0.0774. The van der Waals surface area contributed by atoms with Crippen LogP contribution in [0.3, 0.4) is 0 Å². The van der Waals surface area contributed by atoms with Crippen LogP contribution in [0.2, 0.25) is 0 Å². The fraction of sp³-hybridized carbons (Fsp3) is 0.405. The Morgan fingerprint density at radius 2 is 1.76 bits per heavy atom. The first kappa shape index (κ1) is 39.7. The Balaban J connectivity index is 1.32. The van der Waals surface area contributed by atoms with E-state index in [0.29, 0.717) is 71.3 Å². The molecule has 2 saturated heterocycles. The molecule has 1 N–H and O–H groups in total. The second kappa shape index (κ2) is 18.0. The molecule has 2 fully saturated rings. The highest BCUT2D eigenvalue weighted by Gasteiger charge is 2.34. The number of ether oxygens (including phenoxy) is 4. The van der Waals surface area contributed by atoms with Crippen molar-refractivity contribution >= 4 is 42.0 Å². The summed E-state index contributed by atoms with van der Waals surface area (Å²) in [6.07, 6.45) is 10.7. The Labute approximate surface area is 317 Å². The van der Waals surface area contributed by atoms with Crippen LogP contribution in [0.5, 0.6) is 23.0 Å². The molecule has 54 heavy (non-hydrogen) atoms. The third-order valence-electron chi connectivity index (χ3n) is 9.70. The monoisotopic (exact) mass is 738 g/mol. The van der Waals surface area contributed by atoms with Gasteiger partial charge in [-0.15, -0.1) is 0 Å². The number of benzene rings is 2. The SMILES string of the molecule is C=C1CC(C=Nc2cc(OC/C(=C/C(=C\C(C)COc3cc4c(cc3OC)C(=O)N3CC(=C)CC3C=N4)CCC(=O)O)CC)c(OC)cc2C=O)N(C)C1. The molecule has 3 heterocycles. The summed E-state index contributed by atoms with van der Waals surface area (Å²) in [6.45, 7) is 13.9. The number of likely N-dealkylation sites (tertiary alicyclic amines) is 1. The van der Waals surface area contributed by atoms with E-state index in [4.69, 9.17) is 18.9 Å². The van der Waals surface area contributed by atoms with Crippen LogP contribution in [-0.4, -0.2) is 105 Å². The third kappa shape index (κ3) is 9.73. The van der Waals surface area contributed by atoms with E-state index in [9.17, 15) is 19.5 Å². The molecule has 0 aliphatic carbocycles. The predicted octanol–water partition coefficient (Wildman–Crippen LogP) is 7.19. The largest absolute Gasteiger partial charge is 0.493 e. The fourth-order valence-corrected chi connectivity index (χ4v) is 6.74. The van der Waals surface area contributed by atoms with E-state index in [1.807, 2.05) is 39.3 Å². The Bertz CT molecular complexity index is 1910. The van der Waals surface area contributed by atoms with Crippen molar-refractivity contribution in [2.24, 2.45) is 15.9 Å². The Morgan fingerprint density at radius 3 is 2.43 bits per heavy atom. The van der Waals surface area contributed by atoms with Crippen LogP contribution in [0.15, 0.2) is 81.9 Å². The molecule has 0 saturated carbocycles. The molecule has 1 amide bonds. The van der Waals surface area contributed by atoms with Crippen molar-refractivity contribution in [1.29, 1.82) is 0 Å². The number of hydrogen-bond acceptors (Lipinski definition) is 10. The number of nitrogens with zero attached hydrogens (tertiary/aromatic N) is 4. The number of carboxylic acids is 1. The lowest BCUT2D eigenvalue weighted by atomic mass is 10.0. The topological polar surface area (TPSA) is 140 Å². The van der Waals surface area contributed by atoms with Crippen molar-refractivity contribution in [2.45, 2.75) is 58.0 Å². The minimum atomic E-state index is -0.900. The maximum atomic E-state index is 13.4. The van der Waals surface area contributed by atoms with E-state index in [1.54, 1.807) is 35.4 Å². The van der Waals surface area contributed by atoms with Crippen LogP contribution >= 0.6 is 0 Å². The summed E-state index contributed by atoms with van der Waals surface area (Å²) in [4.78, 5) is 50.1. The molecule has 12 heteroatoms. The summed E-state index contributed by atoms with van der Waals surface area (Å²) in [5.41, 5.74) is 5.70. The van der Waals surface area contributed by atoms with Gasteiger partial charge in [0.2, 0.25) is 0 Å². The summed E-state index contributed by atoms with van der Waals surface area (Å²) < 4.78 is 23.6. The number of hydrogen-bond donors (Lipinski definition) is 1. The first-order valence-corrected chi connectivity index (χ1v) is 18.1. The molecule has 12 nitrogen and oxygen atoms in total. The Morgan fingerprint density at radius 1 is 1.04 bits per heavy atom. The van der Waals surface area contributed by atoms with Gasteiger partial charge < -0.3 is 29.0 Å². The standard InChI is InChI=1S/C42H50N4O8/c1-8-29(25-54-39-17-35(31(23-47)15-37(39)51-6)43-19-32-12-26(2)21-45(32)5)14-30(9-10-41(48)49)11-28(4)24-53-40-18-36-34(16-38(40)52-7)42(50)46-22-27(3)13-33(46)20-44-36/h11,14-20,23,28,32-33H,2-3,8-10,12-13,21-22,24-25H2,1,4-7H3,(H,48,49)/b29-14+,30-11-,43-19?. The summed E-state index contributed by atoms with van der Waals surface area (Å²) in [6, 6.07) is 6.68. The molecule has 2 aromatic carbocycles. The van der Waals surface area contributed by atoms with Crippen LogP contribution in [0.1, 0.15) is 66.7 Å². The highest BCUT2D eigenvalue weighted by Crippen LogP contribution is 2.39. The molecule has 286 valence electrons. The van der Waals surface area contributed by atoms with E-state index in [0.717, 1.165) is 41.5 Å². The second-order valence-corrected chi connectivity index (χ2v) is 14.0. The number of aldehydes is 1. The third-order valence-corrected chi connectivity index (χ3v) is 9.70. The smallest absolute Gasteiger partial charge is 0.303 e. The van der Waals surface area contributed by atoms with E-state index >= 15 is 0 Å². The molecule has 3 atom stereocenters. The lowest BCUT2D eigenvalue weighted by Gasteiger charge is -2.20. The van der Waals surface area contributed by atoms with Crippen molar-refractivity contribution in [2.75, 3.05) is 47.6 Å². The maximum absolute atomic E-state index is 13.4. The van der Waals surface area contributed by atoms with E-state index in [-0.39, 0.29) is 43.5 Å². The summed E-state index contributed by atoms with van der Waals surface area (Å²) >= 11 is 0. The number of carbonyl (C=O) groups is 3. The average Bonchev–Trinajstić information content (AvgIpc) is 3.67. The zero-order valence-corrected chi connectivity index (χ0v) is 31.8. The lowest BCUT2D eigenvalue weighted by Crippen LogP contribution is -2.35. The number of carbonyl (C=O) groups excluding carboxylic acids is 2. The minimum Gasteiger partial charge on any atom is -0.493 e. The second-order valence-electron chi connectivity index (χ2n) is 14.0. The molecule has 0 radical (unpaired) electrons. The molecule has 0 aromatic heterocycles. The molecule has 0 bridgehead atoms. The van der Waals surface area contributed by atoms with Gasteiger partial charge in [0.25, 0.3) is 5.91 Å². The van der Waals surface area contributed by atoms with Crippen molar-refractivity contribution < 1.29 is 38.4 Å². The maximum Gasteiger partial charge on any atom is 0.303 e. The van der Waals surface area contributed by atoms with Gasteiger partial charge in [0.05, 0.1) is 43.8 Å². The number of fused-ring (bicyclic) bond motifs is 2. The van der Waals surface area contributed by atoms with Crippen LogP contribution < -0.4 is 18.9 Å². The van der Waals surface area contributed by atoms with Crippen LogP contribution in [0, 0.1) is 5.92 Å². The van der Waals surface area contributed by atoms with Gasteiger partial charge in [-0.05, 0) is 50.4 Å². The molecule has 2 aromatic rings. The number of rotatable bonds is 17. The summed E-state index contributed by atoms with van der Waals surface area (Å²) in [7, 11) is 5.05. The fourth-order valence-electron chi connectivity index (χ4n) is 6.74. The first-order chi connectivity index (χ1) is 25.9. The number of allylic oxidation sites excluding steroid dienone is 2. The van der Waals surface area contributed by atoms with Crippen molar-refractivity contribution in [3.8, 4) is 23.0 Å². The van der Waals surface area contributed by atoms with Crippen LogP contribution in [-0.2, 0) is 4.79 Å².